The van der Waals surface area contributed by atoms with Gasteiger partial charge < -0.3 is 4.74 Å². The van der Waals surface area contributed by atoms with Gasteiger partial charge in [-0.1, -0.05) is 6.07 Å². The highest BCUT2D eigenvalue weighted by Crippen LogP contribution is 2.19. The van der Waals surface area contributed by atoms with E-state index in [1.807, 2.05) is 30.7 Å². The molecule has 1 unspecified atom stereocenters. The maximum Gasteiger partial charge on any atom is 0.147 e. The van der Waals surface area contributed by atoms with Crippen LogP contribution in [0.2, 0.25) is 0 Å². The van der Waals surface area contributed by atoms with Crippen LogP contribution < -0.4 is 4.74 Å². The van der Waals surface area contributed by atoms with Gasteiger partial charge in [-0.3, -0.25) is 4.90 Å². The van der Waals surface area contributed by atoms with Crippen LogP contribution in [0.1, 0.15) is 30.1 Å². The Hall–Kier alpha value is -2.39. The molecule has 1 aliphatic heterocycles. The van der Waals surface area contributed by atoms with Crippen LogP contribution in [0.5, 0.6) is 5.75 Å². The molecule has 6 heteroatoms. The van der Waals surface area contributed by atoms with Gasteiger partial charge in [0.2, 0.25) is 0 Å². The zero-order valence-corrected chi connectivity index (χ0v) is 14.3. The highest BCUT2D eigenvalue weighted by Gasteiger charge is 2.25. The molecule has 24 heavy (non-hydrogen) atoms. The van der Waals surface area contributed by atoms with Gasteiger partial charge >= 0.3 is 0 Å². The van der Waals surface area contributed by atoms with E-state index >= 15 is 0 Å². The fourth-order valence-corrected chi connectivity index (χ4v) is 3.27. The second-order valence-electron chi connectivity index (χ2n) is 6.21. The molecular formula is C18H23N5O. The number of aromatic nitrogens is 3. The van der Waals surface area contributed by atoms with Crippen LogP contribution >= 0.6 is 0 Å². The second kappa shape index (κ2) is 7.45. The molecule has 1 atom stereocenters. The molecule has 0 amide bonds. The summed E-state index contributed by atoms with van der Waals surface area (Å²) in [6.07, 6.45) is 2.39. The number of benzene rings is 1. The van der Waals surface area contributed by atoms with E-state index in [0.717, 1.165) is 37.0 Å². The predicted molar refractivity (Wildman–Crippen MR) is 90.7 cm³/mol. The summed E-state index contributed by atoms with van der Waals surface area (Å²) in [5, 5.41) is 13.4. The van der Waals surface area contributed by atoms with Gasteiger partial charge in [-0.2, -0.15) is 10.4 Å². The third-order valence-electron chi connectivity index (χ3n) is 4.46. The van der Waals surface area contributed by atoms with E-state index in [-0.39, 0.29) is 0 Å². The summed E-state index contributed by atoms with van der Waals surface area (Å²) in [5.41, 5.74) is 0.628. The van der Waals surface area contributed by atoms with E-state index < -0.39 is 0 Å². The van der Waals surface area contributed by atoms with Crippen LogP contribution in [0.3, 0.4) is 0 Å². The van der Waals surface area contributed by atoms with Gasteiger partial charge in [-0.25, -0.2) is 9.67 Å². The second-order valence-corrected chi connectivity index (χ2v) is 6.21. The maximum absolute atomic E-state index is 8.93. The first-order valence-corrected chi connectivity index (χ1v) is 8.41. The number of hydrogen-bond acceptors (Lipinski definition) is 5. The molecule has 0 spiro atoms. The molecule has 2 heterocycles. The Bertz CT molecular complexity index is 733. The Labute approximate surface area is 142 Å². The Morgan fingerprint density at radius 3 is 3.00 bits per heavy atom. The van der Waals surface area contributed by atoms with Crippen molar-refractivity contribution in [1.82, 2.24) is 19.7 Å². The first kappa shape index (κ1) is 16.5. The van der Waals surface area contributed by atoms with Crippen molar-refractivity contribution in [2.24, 2.45) is 0 Å². The van der Waals surface area contributed by atoms with E-state index in [2.05, 4.69) is 21.1 Å². The normalized spacial score (nSPS) is 17.8. The number of hydrogen-bond donors (Lipinski definition) is 0. The summed E-state index contributed by atoms with van der Waals surface area (Å²) in [7, 11) is 0. The first-order valence-electron chi connectivity index (χ1n) is 8.41. The van der Waals surface area contributed by atoms with Gasteiger partial charge in [0.05, 0.1) is 18.2 Å². The van der Waals surface area contributed by atoms with Crippen LogP contribution in [0.15, 0.2) is 24.3 Å². The molecule has 0 N–H and O–H groups in total. The summed E-state index contributed by atoms with van der Waals surface area (Å²) >= 11 is 0. The lowest BCUT2D eigenvalue weighted by Crippen LogP contribution is -2.36. The van der Waals surface area contributed by atoms with Crippen molar-refractivity contribution in [3.63, 3.8) is 0 Å². The van der Waals surface area contributed by atoms with Crippen LogP contribution in [0, 0.1) is 25.2 Å². The van der Waals surface area contributed by atoms with Crippen LogP contribution in [-0.2, 0) is 6.54 Å². The fraction of sp³-hybridized carbons (Fsp3) is 0.500. The van der Waals surface area contributed by atoms with Crippen LogP contribution in [0.25, 0.3) is 0 Å². The summed E-state index contributed by atoms with van der Waals surface area (Å²) in [6.45, 7) is 7.42. The minimum absolute atomic E-state index is 0.485. The van der Waals surface area contributed by atoms with E-state index in [1.165, 1.54) is 12.8 Å². The molecule has 3 rings (SSSR count). The van der Waals surface area contributed by atoms with Crippen molar-refractivity contribution in [1.29, 1.82) is 5.26 Å². The monoisotopic (exact) mass is 325 g/mol. The molecule has 1 aliphatic rings. The van der Waals surface area contributed by atoms with Crippen molar-refractivity contribution >= 4 is 0 Å². The van der Waals surface area contributed by atoms with Gasteiger partial charge in [-0.15, -0.1) is 0 Å². The zero-order valence-electron chi connectivity index (χ0n) is 14.3. The first-order chi connectivity index (χ1) is 11.7. The Morgan fingerprint density at radius 1 is 1.38 bits per heavy atom. The minimum Gasteiger partial charge on any atom is -0.492 e. The highest BCUT2D eigenvalue weighted by molar-refractivity contribution is 5.36. The third kappa shape index (κ3) is 3.92. The molecule has 0 radical (unpaired) electrons. The van der Waals surface area contributed by atoms with Crippen LogP contribution in [-0.4, -0.2) is 45.4 Å². The molecule has 1 aromatic heterocycles. The molecule has 6 nitrogen and oxygen atoms in total. The van der Waals surface area contributed by atoms with E-state index in [9.17, 15) is 0 Å². The van der Waals surface area contributed by atoms with E-state index in [1.54, 1.807) is 12.1 Å². The summed E-state index contributed by atoms with van der Waals surface area (Å²) in [5.74, 6) is 2.56. The molecule has 1 saturated heterocycles. The molecule has 2 aromatic rings. The molecule has 0 bridgehead atoms. The smallest absolute Gasteiger partial charge is 0.147 e. The molecule has 1 fully saturated rings. The zero-order chi connectivity index (χ0) is 16.9. The number of nitrogens with zero attached hydrogens (tertiary/aromatic N) is 5. The van der Waals surface area contributed by atoms with Gasteiger partial charge in [0.15, 0.2) is 0 Å². The molecule has 126 valence electrons. The number of nitriles is 1. The molecular weight excluding hydrogens is 302 g/mol. The lowest BCUT2D eigenvalue weighted by molar-refractivity contribution is 0.181. The largest absolute Gasteiger partial charge is 0.492 e. The number of rotatable bonds is 6. The lowest BCUT2D eigenvalue weighted by Gasteiger charge is -2.24. The van der Waals surface area contributed by atoms with Crippen LogP contribution in [0.4, 0.5) is 0 Å². The van der Waals surface area contributed by atoms with Gasteiger partial charge in [0.25, 0.3) is 0 Å². The van der Waals surface area contributed by atoms with Gasteiger partial charge in [-0.05, 0) is 51.4 Å². The highest BCUT2D eigenvalue weighted by atomic mass is 16.5. The van der Waals surface area contributed by atoms with Crippen molar-refractivity contribution in [3.8, 4) is 11.8 Å². The summed E-state index contributed by atoms with van der Waals surface area (Å²) in [6, 6.07) is 9.93. The molecule has 1 aromatic carbocycles. The topological polar surface area (TPSA) is 67.0 Å². The van der Waals surface area contributed by atoms with Crippen molar-refractivity contribution in [2.45, 2.75) is 39.3 Å². The average Bonchev–Trinajstić information content (AvgIpc) is 3.14. The Balaban J connectivity index is 1.52. The maximum atomic E-state index is 8.93. The van der Waals surface area contributed by atoms with Crippen molar-refractivity contribution < 1.29 is 4.74 Å². The van der Waals surface area contributed by atoms with Crippen molar-refractivity contribution in [2.75, 3.05) is 19.7 Å². The van der Waals surface area contributed by atoms with Crippen molar-refractivity contribution in [3.05, 3.63) is 41.5 Å². The standard InChI is InChI=1S/C18H23N5O/c1-14-20-15(2)23(21-14)13-17-6-4-8-22(17)9-10-24-18-7-3-5-16(11-18)12-19/h3,5,7,11,17H,4,6,8-10,13H2,1-2H3. The quantitative estimate of drug-likeness (QED) is 0.815. The average molecular weight is 325 g/mol. The Morgan fingerprint density at radius 2 is 2.25 bits per heavy atom. The summed E-state index contributed by atoms with van der Waals surface area (Å²) < 4.78 is 7.82. The Kier molecular flexibility index (Phi) is 5.11. The summed E-state index contributed by atoms with van der Waals surface area (Å²) in [4.78, 5) is 6.84. The third-order valence-corrected chi connectivity index (χ3v) is 4.46. The predicted octanol–water partition coefficient (Wildman–Crippen LogP) is 2.31. The minimum atomic E-state index is 0.485. The number of ether oxygens (including phenoxy) is 1. The SMILES string of the molecule is Cc1nc(C)n(CC2CCCN2CCOc2cccc(C#N)c2)n1. The number of aryl methyl sites for hydroxylation is 2. The molecule has 0 aliphatic carbocycles. The van der Waals surface area contributed by atoms with Gasteiger partial charge in [0.1, 0.15) is 24.0 Å². The van der Waals surface area contributed by atoms with E-state index in [0.29, 0.717) is 18.2 Å². The molecule has 0 saturated carbocycles. The lowest BCUT2D eigenvalue weighted by atomic mass is 10.2. The van der Waals surface area contributed by atoms with E-state index in [4.69, 9.17) is 10.00 Å². The van der Waals surface area contributed by atoms with Gasteiger partial charge in [0, 0.05) is 12.6 Å². The number of likely N-dealkylation sites (tertiary alicyclic amines) is 1. The fourth-order valence-electron chi connectivity index (χ4n) is 3.27.